The highest BCUT2D eigenvalue weighted by Gasteiger charge is 2.16. The molecule has 0 aliphatic rings. The predicted molar refractivity (Wildman–Crippen MR) is 85.4 cm³/mol. The lowest BCUT2D eigenvalue weighted by atomic mass is 10.0. The fourth-order valence-electron chi connectivity index (χ4n) is 1.97. The number of nitrogens with zero attached hydrogens (tertiary/aromatic N) is 2. The number of aryl methyl sites for hydroxylation is 2. The molecular formula is C13H14Br2ClN3. The Morgan fingerprint density at radius 1 is 1.42 bits per heavy atom. The maximum atomic E-state index is 6.27. The molecule has 1 unspecified atom stereocenters. The van der Waals surface area contributed by atoms with Crippen LogP contribution in [0.1, 0.15) is 23.0 Å². The van der Waals surface area contributed by atoms with E-state index in [1.807, 2.05) is 36.9 Å². The third-order valence-electron chi connectivity index (χ3n) is 3.05. The fourth-order valence-corrected chi connectivity index (χ4v) is 2.98. The van der Waals surface area contributed by atoms with Crippen LogP contribution in [0, 0.1) is 6.92 Å². The molecule has 0 aliphatic heterocycles. The molecule has 1 atom stereocenters. The highest BCUT2D eigenvalue weighted by molar-refractivity contribution is 9.10. The van der Waals surface area contributed by atoms with E-state index in [-0.39, 0.29) is 6.04 Å². The van der Waals surface area contributed by atoms with Crippen LogP contribution in [0.15, 0.2) is 27.1 Å². The van der Waals surface area contributed by atoms with Crippen LogP contribution < -0.4 is 5.73 Å². The molecule has 0 aliphatic carbocycles. The normalized spacial score (nSPS) is 12.7. The Morgan fingerprint density at radius 2 is 2.11 bits per heavy atom. The Kier molecular flexibility index (Phi) is 4.71. The van der Waals surface area contributed by atoms with Crippen molar-refractivity contribution in [3.8, 4) is 0 Å². The second-order valence-corrected chi connectivity index (χ2v) is 6.51. The predicted octanol–water partition coefficient (Wildman–Crippen LogP) is 4.15. The van der Waals surface area contributed by atoms with Crippen molar-refractivity contribution in [1.82, 2.24) is 9.78 Å². The SMILES string of the molecule is Cc1nn(C)c(CC(N)c2ccc(Cl)c(Br)c2)c1Br. The first-order valence-corrected chi connectivity index (χ1v) is 7.75. The summed E-state index contributed by atoms with van der Waals surface area (Å²) < 4.78 is 3.75. The summed E-state index contributed by atoms with van der Waals surface area (Å²) in [6.07, 6.45) is 0.714. The summed E-state index contributed by atoms with van der Waals surface area (Å²) in [5.41, 5.74) is 9.38. The zero-order chi connectivity index (χ0) is 14.2. The molecule has 6 heteroatoms. The van der Waals surface area contributed by atoms with Gasteiger partial charge in [-0.05, 0) is 56.5 Å². The number of hydrogen-bond donors (Lipinski definition) is 1. The van der Waals surface area contributed by atoms with Gasteiger partial charge in [0.15, 0.2) is 0 Å². The maximum absolute atomic E-state index is 6.27. The van der Waals surface area contributed by atoms with E-state index < -0.39 is 0 Å². The Labute approximate surface area is 134 Å². The number of rotatable bonds is 3. The van der Waals surface area contributed by atoms with E-state index in [1.165, 1.54) is 0 Å². The number of benzene rings is 1. The van der Waals surface area contributed by atoms with Crippen molar-refractivity contribution in [3.05, 3.63) is 49.1 Å². The maximum Gasteiger partial charge on any atom is 0.0738 e. The molecule has 102 valence electrons. The summed E-state index contributed by atoms with van der Waals surface area (Å²) in [5, 5.41) is 5.06. The minimum atomic E-state index is -0.0975. The van der Waals surface area contributed by atoms with E-state index in [1.54, 1.807) is 0 Å². The monoisotopic (exact) mass is 405 g/mol. The van der Waals surface area contributed by atoms with Gasteiger partial charge in [0.2, 0.25) is 0 Å². The molecule has 0 saturated heterocycles. The van der Waals surface area contributed by atoms with Crippen molar-refractivity contribution in [3.63, 3.8) is 0 Å². The van der Waals surface area contributed by atoms with Crippen molar-refractivity contribution in [2.24, 2.45) is 12.8 Å². The van der Waals surface area contributed by atoms with Crippen LogP contribution in [0.2, 0.25) is 5.02 Å². The topological polar surface area (TPSA) is 43.8 Å². The van der Waals surface area contributed by atoms with Gasteiger partial charge in [0.1, 0.15) is 0 Å². The molecule has 2 rings (SSSR count). The van der Waals surface area contributed by atoms with E-state index >= 15 is 0 Å². The van der Waals surface area contributed by atoms with E-state index in [0.717, 1.165) is 25.9 Å². The highest BCUT2D eigenvalue weighted by atomic mass is 79.9. The Bertz CT molecular complexity index is 610. The quantitative estimate of drug-likeness (QED) is 0.831. The number of aromatic nitrogens is 2. The number of nitrogens with two attached hydrogens (primary N) is 1. The average Bonchev–Trinajstić information content (AvgIpc) is 2.59. The minimum Gasteiger partial charge on any atom is -0.324 e. The summed E-state index contributed by atoms with van der Waals surface area (Å²) in [6.45, 7) is 1.97. The molecule has 1 aromatic heterocycles. The molecule has 0 spiro atoms. The molecule has 2 aromatic rings. The van der Waals surface area contributed by atoms with Crippen LogP contribution >= 0.6 is 43.5 Å². The van der Waals surface area contributed by atoms with E-state index in [9.17, 15) is 0 Å². The van der Waals surface area contributed by atoms with Gasteiger partial charge >= 0.3 is 0 Å². The summed E-state index contributed by atoms with van der Waals surface area (Å²) in [6, 6.07) is 5.67. The molecule has 0 radical (unpaired) electrons. The van der Waals surface area contributed by atoms with Crippen molar-refractivity contribution < 1.29 is 0 Å². The molecular weight excluding hydrogens is 393 g/mol. The number of halogens is 3. The average molecular weight is 408 g/mol. The zero-order valence-corrected chi connectivity index (χ0v) is 14.6. The second kappa shape index (κ2) is 5.95. The van der Waals surface area contributed by atoms with E-state index in [0.29, 0.717) is 11.4 Å². The third kappa shape index (κ3) is 3.21. The molecule has 2 N–H and O–H groups in total. The lowest BCUT2D eigenvalue weighted by Crippen LogP contribution is -2.15. The molecule has 1 heterocycles. The van der Waals surface area contributed by atoms with Crippen LogP contribution in [-0.2, 0) is 13.5 Å². The Morgan fingerprint density at radius 3 is 2.63 bits per heavy atom. The molecule has 0 saturated carbocycles. The van der Waals surface area contributed by atoms with Crippen molar-refractivity contribution in [1.29, 1.82) is 0 Å². The fraction of sp³-hybridized carbons (Fsp3) is 0.308. The number of hydrogen-bond acceptors (Lipinski definition) is 2. The first-order valence-electron chi connectivity index (χ1n) is 5.78. The Balaban J connectivity index is 2.25. The van der Waals surface area contributed by atoms with Gasteiger partial charge in [-0.15, -0.1) is 0 Å². The van der Waals surface area contributed by atoms with Gasteiger partial charge in [-0.1, -0.05) is 17.7 Å². The first-order chi connectivity index (χ1) is 8.90. The van der Waals surface area contributed by atoms with Gasteiger partial charge in [0.25, 0.3) is 0 Å². The summed E-state index contributed by atoms with van der Waals surface area (Å²) >= 11 is 13.0. The highest BCUT2D eigenvalue weighted by Crippen LogP contribution is 2.28. The molecule has 3 nitrogen and oxygen atoms in total. The summed E-state index contributed by atoms with van der Waals surface area (Å²) in [5.74, 6) is 0. The van der Waals surface area contributed by atoms with Gasteiger partial charge in [-0.3, -0.25) is 4.68 Å². The second-order valence-electron chi connectivity index (χ2n) is 4.45. The zero-order valence-electron chi connectivity index (χ0n) is 10.6. The molecule has 1 aromatic carbocycles. The van der Waals surface area contributed by atoms with Gasteiger partial charge in [-0.2, -0.15) is 5.10 Å². The van der Waals surface area contributed by atoms with Crippen molar-refractivity contribution in [2.75, 3.05) is 0 Å². The first kappa shape index (κ1) is 15.0. The summed E-state index contributed by atoms with van der Waals surface area (Å²) in [7, 11) is 1.93. The smallest absolute Gasteiger partial charge is 0.0738 e. The standard InChI is InChI=1S/C13H14Br2ClN3/c1-7-13(15)12(19(2)18-7)6-11(17)8-3-4-10(16)9(14)5-8/h3-5,11H,6,17H2,1-2H3. The van der Waals surface area contributed by atoms with Crippen molar-refractivity contribution in [2.45, 2.75) is 19.4 Å². The molecule has 0 bridgehead atoms. The van der Waals surface area contributed by atoms with Crippen LogP contribution in [-0.4, -0.2) is 9.78 Å². The van der Waals surface area contributed by atoms with Gasteiger partial charge < -0.3 is 5.73 Å². The van der Waals surface area contributed by atoms with Crippen LogP contribution in [0.5, 0.6) is 0 Å². The largest absolute Gasteiger partial charge is 0.324 e. The van der Waals surface area contributed by atoms with Crippen LogP contribution in [0.3, 0.4) is 0 Å². The van der Waals surface area contributed by atoms with Gasteiger partial charge in [0.05, 0.1) is 20.9 Å². The molecule has 19 heavy (non-hydrogen) atoms. The lowest BCUT2D eigenvalue weighted by molar-refractivity contribution is 0.638. The van der Waals surface area contributed by atoms with Crippen LogP contribution in [0.4, 0.5) is 0 Å². The van der Waals surface area contributed by atoms with Gasteiger partial charge in [0, 0.05) is 24.0 Å². The minimum absolute atomic E-state index is 0.0975. The molecule has 0 amide bonds. The van der Waals surface area contributed by atoms with E-state index in [4.69, 9.17) is 17.3 Å². The van der Waals surface area contributed by atoms with Crippen LogP contribution in [0.25, 0.3) is 0 Å². The Hall–Kier alpha value is -0.360. The third-order valence-corrected chi connectivity index (χ3v) is 5.29. The molecule has 0 fully saturated rings. The summed E-state index contributed by atoms with van der Waals surface area (Å²) in [4.78, 5) is 0. The van der Waals surface area contributed by atoms with E-state index in [2.05, 4.69) is 37.0 Å². The lowest BCUT2D eigenvalue weighted by Gasteiger charge is -2.13. The van der Waals surface area contributed by atoms with Crippen molar-refractivity contribution >= 4 is 43.5 Å². The van der Waals surface area contributed by atoms with Gasteiger partial charge in [-0.25, -0.2) is 0 Å².